The van der Waals surface area contributed by atoms with Gasteiger partial charge in [0.25, 0.3) is 0 Å². The number of fused-ring (bicyclic) bond motifs is 1. The van der Waals surface area contributed by atoms with E-state index in [0.29, 0.717) is 13.1 Å². The van der Waals surface area contributed by atoms with Crippen LogP contribution in [0.5, 0.6) is 0 Å². The third-order valence-corrected chi connectivity index (χ3v) is 3.93. The number of aromatic nitrogens is 1. The number of hydrogen-bond donors (Lipinski definition) is 1. The fraction of sp³-hybridized carbons (Fsp3) is 0.571. The number of carbonyl (C=O) groups is 1. The molecule has 3 rings (SSSR count). The van der Waals surface area contributed by atoms with Gasteiger partial charge < -0.3 is 19.6 Å². The number of morpholine rings is 1. The molecule has 20 heavy (non-hydrogen) atoms. The zero-order valence-corrected chi connectivity index (χ0v) is 11.6. The van der Waals surface area contributed by atoms with Crippen LogP contribution in [0, 0.1) is 0 Å². The minimum atomic E-state index is -0.861. The zero-order valence-electron chi connectivity index (χ0n) is 11.6. The normalized spacial score (nSPS) is 22.6. The van der Waals surface area contributed by atoms with E-state index in [9.17, 15) is 4.79 Å². The topological polar surface area (TPSA) is 65.9 Å². The van der Waals surface area contributed by atoms with Crippen LogP contribution in [-0.4, -0.2) is 53.9 Å². The van der Waals surface area contributed by atoms with E-state index in [1.165, 1.54) is 4.90 Å². The lowest BCUT2D eigenvalue weighted by Crippen LogP contribution is -2.39. The summed E-state index contributed by atoms with van der Waals surface area (Å²) >= 11 is 0. The fourth-order valence-electron chi connectivity index (χ4n) is 2.85. The first-order chi connectivity index (χ1) is 9.65. The van der Waals surface area contributed by atoms with E-state index in [-0.39, 0.29) is 5.92 Å². The molecule has 3 heterocycles. The molecule has 1 amide bonds. The second kappa shape index (κ2) is 5.28. The Morgan fingerprint density at radius 1 is 1.40 bits per heavy atom. The number of rotatable bonds is 1. The molecule has 0 unspecified atom stereocenters. The van der Waals surface area contributed by atoms with Crippen molar-refractivity contribution in [1.29, 1.82) is 0 Å². The highest BCUT2D eigenvalue weighted by Gasteiger charge is 2.27. The van der Waals surface area contributed by atoms with Gasteiger partial charge in [-0.15, -0.1) is 0 Å². The van der Waals surface area contributed by atoms with Crippen molar-refractivity contribution >= 4 is 11.9 Å². The highest BCUT2D eigenvalue weighted by molar-refractivity contribution is 5.65. The fourth-order valence-corrected chi connectivity index (χ4v) is 2.85. The first kappa shape index (κ1) is 13.2. The first-order valence-corrected chi connectivity index (χ1v) is 6.95. The van der Waals surface area contributed by atoms with E-state index in [1.807, 2.05) is 19.1 Å². The number of nitrogens with zero attached hydrogens (tertiary/aromatic N) is 3. The molecule has 6 nitrogen and oxygen atoms in total. The van der Waals surface area contributed by atoms with Crippen LogP contribution in [-0.2, 0) is 11.3 Å². The second-order valence-corrected chi connectivity index (χ2v) is 5.38. The van der Waals surface area contributed by atoms with Crippen LogP contribution in [0.25, 0.3) is 0 Å². The lowest BCUT2D eigenvalue weighted by atomic mass is 9.96. The maximum absolute atomic E-state index is 11.1. The summed E-state index contributed by atoms with van der Waals surface area (Å²) < 4.78 is 5.35. The number of pyridine rings is 1. The second-order valence-electron chi connectivity index (χ2n) is 5.38. The van der Waals surface area contributed by atoms with Gasteiger partial charge in [0.05, 0.1) is 25.5 Å². The smallest absolute Gasteiger partial charge is 0.407 e. The van der Waals surface area contributed by atoms with Crippen molar-refractivity contribution in [3.05, 3.63) is 23.4 Å². The van der Waals surface area contributed by atoms with Gasteiger partial charge in [-0.2, -0.15) is 0 Å². The van der Waals surface area contributed by atoms with Gasteiger partial charge in [-0.3, -0.25) is 0 Å². The minimum Gasteiger partial charge on any atom is -0.465 e. The van der Waals surface area contributed by atoms with Crippen LogP contribution in [0.1, 0.15) is 24.1 Å². The molecule has 0 bridgehead atoms. The summed E-state index contributed by atoms with van der Waals surface area (Å²) in [6, 6.07) is 4.00. The summed E-state index contributed by atoms with van der Waals surface area (Å²) in [6.07, 6.45) is -0.861. The Morgan fingerprint density at radius 2 is 2.15 bits per heavy atom. The maximum atomic E-state index is 11.1. The number of hydrogen-bond acceptors (Lipinski definition) is 4. The van der Waals surface area contributed by atoms with Crippen molar-refractivity contribution in [2.75, 3.05) is 37.7 Å². The third-order valence-electron chi connectivity index (χ3n) is 3.93. The summed E-state index contributed by atoms with van der Waals surface area (Å²) in [5.41, 5.74) is 2.05. The minimum absolute atomic E-state index is 0.135. The molecule has 1 aromatic heterocycles. The average molecular weight is 277 g/mol. The SMILES string of the molecule is C[C@@H]1CN(C(=O)O)Cc2ccc(N3CCOCC3)nc21. The quantitative estimate of drug-likeness (QED) is 0.843. The number of amides is 1. The summed E-state index contributed by atoms with van der Waals surface area (Å²) in [7, 11) is 0. The van der Waals surface area contributed by atoms with E-state index in [4.69, 9.17) is 14.8 Å². The molecule has 0 aliphatic carbocycles. The summed E-state index contributed by atoms with van der Waals surface area (Å²) in [6.45, 7) is 6.18. The molecule has 2 aliphatic rings. The first-order valence-electron chi connectivity index (χ1n) is 6.95. The third kappa shape index (κ3) is 2.43. The van der Waals surface area contributed by atoms with E-state index >= 15 is 0 Å². The number of carboxylic acid groups (broad SMARTS) is 1. The van der Waals surface area contributed by atoms with Gasteiger partial charge in [-0.1, -0.05) is 13.0 Å². The van der Waals surface area contributed by atoms with Crippen LogP contribution in [0.4, 0.5) is 10.6 Å². The average Bonchev–Trinajstić information content (AvgIpc) is 2.47. The molecule has 1 fully saturated rings. The van der Waals surface area contributed by atoms with Gasteiger partial charge >= 0.3 is 6.09 Å². The van der Waals surface area contributed by atoms with Gasteiger partial charge in [0.2, 0.25) is 0 Å². The summed E-state index contributed by atoms with van der Waals surface area (Å²) in [5, 5.41) is 9.12. The summed E-state index contributed by atoms with van der Waals surface area (Å²) in [5.74, 6) is 1.11. The Kier molecular flexibility index (Phi) is 3.48. The predicted molar refractivity (Wildman–Crippen MR) is 74.1 cm³/mol. The van der Waals surface area contributed by atoms with Crippen molar-refractivity contribution in [3.63, 3.8) is 0 Å². The van der Waals surface area contributed by atoms with Crippen LogP contribution in [0.15, 0.2) is 12.1 Å². The molecule has 108 valence electrons. The molecular weight excluding hydrogens is 258 g/mol. The molecule has 0 saturated carbocycles. The lowest BCUT2D eigenvalue weighted by Gasteiger charge is -2.33. The van der Waals surface area contributed by atoms with Crippen LogP contribution < -0.4 is 4.90 Å². The van der Waals surface area contributed by atoms with E-state index in [2.05, 4.69) is 4.90 Å². The van der Waals surface area contributed by atoms with Crippen molar-refractivity contribution in [2.45, 2.75) is 19.4 Å². The van der Waals surface area contributed by atoms with Crippen molar-refractivity contribution in [3.8, 4) is 0 Å². The van der Waals surface area contributed by atoms with E-state index < -0.39 is 6.09 Å². The van der Waals surface area contributed by atoms with Crippen molar-refractivity contribution < 1.29 is 14.6 Å². The molecule has 6 heteroatoms. The van der Waals surface area contributed by atoms with E-state index in [1.54, 1.807) is 0 Å². The monoisotopic (exact) mass is 277 g/mol. The van der Waals surface area contributed by atoms with Gasteiger partial charge in [0, 0.05) is 25.6 Å². The Morgan fingerprint density at radius 3 is 2.85 bits per heavy atom. The Labute approximate surface area is 118 Å². The van der Waals surface area contributed by atoms with Gasteiger partial charge in [0.1, 0.15) is 5.82 Å². The van der Waals surface area contributed by atoms with Gasteiger partial charge in [-0.25, -0.2) is 9.78 Å². The van der Waals surface area contributed by atoms with Crippen molar-refractivity contribution in [2.24, 2.45) is 0 Å². The standard InChI is InChI=1S/C14H19N3O3/c1-10-8-17(14(18)19)9-11-2-3-12(15-13(10)11)16-4-6-20-7-5-16/h2-3,10H,4-9H2,1H3,(H,18,19)/t10-/m1/s1. The molecule has 2 aliphatic heterocycles. The largest absolute Gasteiger partial charge is 0.465 e. The maximum Gasteiger partial charge on any atom is 0.407 e. The molecule has 0 aromatic carbocycles. The van der Waals surface area contributed by atoms with Crippen molar-refractivity contribution in [1.82, 2.24) is 9.88 Å². The number of ether oxygens (including phenoxy) is 1. The molecule has 1 N–H and O–H groups in total. The van der Waals surface area contributed by atoms with E-state index in [0.717, 1.165) is 43.4 Å². The highest BCUT2D eigenvalue weighted by atomic mass is 16.5. The Bertz CT molecular complexity index is 514. The number of anilines is 1. The highest BCUT2D eigenvalue weighted by Crippen LogP contribution is 2.28. The summed E-state index contributed by atoms with van der Waals surface area (Å²) in [4.78, 5) is 19.5. The Balaban J connectivity index is 1.85. The van der Waals surface area contributed by atoms with Crippen LogP contribution in [0.3, 0.4) is 0 Å². The lowest BCUT2D eigenvalue weighted by molar-refractivity contribution is 0.122. The predicted octanol–water partition coefficient (Wildman–Crippen LogP) is 1.52. The molecule has 0 spiro atoms. The van der Waals surface area contributed by atoms with Crippen LogP contribution in [0.2, 0.25) is 0 Å². The molecule has 1 atom stereocenters. The molecule has 1 saturated heterocycles. The molecule has 1 aromatic rings. The Hall–Kier alpha value is -1.82. The molecular formula is C14H19N3O3. The van der Waals surface area contributed by atoms with Gasteiger partial charge in [0.15, 0.2) is 0 Å². The molecule has 0 radical (unpaired) electrons. The van der Waals surface area contributed by atoms with Crippen LogP contribution >= 0.6 is 0 Å². The zero-order chi connectivity index (χ0) is 14.1. The van der Waals surface area contributed by atoms with Gasteiger partial charge in [-0.05, 0) is 11.6 Å².